The number of carbonyl (C=O) groups is 1. The lowest BCUT2D eigenvalue weighted by molar-refractivity contribution is 0.251. The van der Waals surface area contributed by atoms with Crippen LogP contribution in [0.3, 0.4) is 0 Å². The molecule has 0 bridgehead atoms. The molecule has 0 saturated carbocycles. The summed E-state index contributed by atoms with van der Waals surface area (Å²) in [6, 6.07) is 10.1. The van der Waals surface area contributed by atoms with Crippen molar-refractivity contribution in [2.45, 2.75) is 6.54 Å². The average molecular weight is 299 g/mol. The number of hydrogen-bond acceptors (Lipinski definition) is 6. The fourth-order valence-electron chi connectivity index (χ4n) is 1.77. The number of carbonyl (C=O) groups excluding carboxylic acids is 1. The van der Waals surface area contributed by atoms with Gasteiger partial charge in [-0.1, -0.05) is 6.07 Å². The molecular weight excluding hydrogens is 290 g/mol. The molecule has 0 aliphatic carbocycles. The van der Waals surface area contributed by atoms with E-state index in [-0.39, 0.29) is 18.3 Å². The van der Waals surface area contributed by atoms with Gasteiger partial charge in [0.15, 0.2) is 0 Å². The highest BCUT2D eigenvalue weighted by atomic mass is 32.1. The van der Waals surface area contributed by atoms with Crippen LogP contribution in [0, 0.1) is 11.3 Å². The molecule has 2 aromatic heterocycles. The molecule has 3 rings (SSSR count). The van der Waals surface area contributed by atoms with Crippen LogP contribution in [-0.4, -0.2) is 14.8 Å². The van der Waals surface area contributed by atoms with Crippen molar-refractivity contribution in [1.29, 1.82) is 5.26 Å². The highest BCUT2D eigenvalue weighted by molar-refractivity contribution is 7.00. The zero-order valence-electron chi connectivity index (χ0n) is 10.7. The number of rotatable bonds is 3. The monoisotopic (exact) mass is 299 g/mol. The van der Waals surface area contributed by atoms with Crippen LogP contribution >= 0.6 is 11.7 Å². The molecule has 0 fully saturated rings. The summed E-state index contributed by atoms with van der Waals surface area (Å²) in [5.74, 6) is 0.723. The van der Waals surface area contributed by atoms with Crippen molar-refractivity contribution >= 4 is 34.5 Å². The first-order chi connectivity index (χ1) is 10.3. The molecule has 0 unspecified atom stereocenters. The van der Waals surface area contributed by atoms with Crippen LogP contribution in [0.15, 0.2) is 34.7 Å². The van der Waals surface area contributed by atoms with Crippen molar-refractivity contribution in [3.8, 4) is 6.07 Å². The lowest BCUT2D eigenvalue weighted by Crippen LogP contribution is -2.28. The van der Waals surface area contributed by atoms with Gasteiger partial charge in [-0.05, 0) is 24.3 Å². The van der Waals surface area contributed by atoms with Gasteiger partial charge in [-0.15, -0.1) is 0 Å². The van der Waals surface area contributed by atoms with Crippen LogP contribution in [0.1, 0.15) is 11.5 Å². The van der Waals surface area contributed by atoms with Crippen LogP contribution in [0.2, 0.25) is 0 Å². The zero-order chi connectivity index (χ0) is 14.7. The summed E-state index contributed by atoms with van der Waals surface area (Å²) in [6.45, 7) is 0.193. The first kappa shape index (κ1) is 13.1. The molecule has 8 heteroatoms. The number of urea groups is 1. The Morgan fingerprint density at radius 3 is 3.05 bits per heavy atom. The molecule has 2 heterocycles. The summed E-state index contributed by atoms with van der Waals surface area (Å²) in [5, 5.41) is 14.0. The summed E-state index contributed by atoms with van der Waals surface area (Å²) < 4.78 is 13.4. The van der Waals surface area contributed by atoms with Crippen LogP contribution in [-0.2, 0) is 6.54 Å². The third kappa shape index (κ3) is 2.82. The topological polar surface area (TPSA) is 104 Å². The first-order valence-corrected chi connectivity index (χ1v) is 6.74. The van der Waals surface area contributed by atoms with Gasteiger partial charge in [-0.3, -0.25) is 0 Å². The number of amides is 2. The summed E-state index contributed by atoms with van der Waals surface area (Å²) in [6.07, 6.45) is 0. The van der Waals surface area contributed by atoms with Gasteiger partial charge in [0.25, 0.3) is 0 Å². The van der Waals surface area contributed by atoms with E-state index in [1.165, 1.54) is 0 Å². The maximum absolute atomic E-state index is 11.9. The largest absolute Gasteiger partial charge is 0.449 e. The highest BCUT2D eigenvalue weighted by Crippen LogP contribution is 2.20. The van der Waals surface area contributed by atoms with Crippen LogP contribution in [0.25, 0.3) is 11.0 Å². The second-order valence-electron chi connectivity index (χ2n) is 4.12. The maximum atomic E-state index is 11.9. The normalized spacial score (nSPS) is 10.2. The number of fused-ring (bicyclic) bond motifs is 1. The van der Waals surface area contributed by atoms with E-state index in [4.69, 9.17) is 9.68 Å². The van der Waals surface area contributed by atoms with Crippen molar-refractivity contribution < 1.29 is 9.21 Å². The van der Waals surface area contributed by atoms with Crippen LogP contribution in [0.5, 0.6) is 0 Å². The van der Waals surface area contributed by atoms with Crippen molar-refractivity contribution in [1.82, 2.24) is 14.1 Å². The maximum Gasteiger partial charge on any atom is 0.319 e. The molecule has 0 spiro atoms. The second-order valence-corrected chi connectivity index (χ2v) is 4.65. The van der Waals surface area contributed by atoms with E-state index in [1.54, 1.807) is 24.3 Å². The van der Waals surface area contributed by atoms with E-state index in [0.717, 1.165) is 17.2 Å². The number of furan rings is 1. The molecule has 104 valence electrons. The minimum absolute atomic E-state index is 0.193. The van der Waals surface area contributed by atoms with Gasteiger partial charge in [0, 0.05) is 0 Å². The van der Waals surface area contributed by atoms with Gasteiger partial charge in [0.05, 0.1) is 24.0 Å². The Kier molecular flexibility index (Phi) is 3.49. The number of benzene rings is 1. The minimum Gasteiger partial charge on any atom is -0.449 e. The Hall–Kier alpha value is -2.92. The number of aromatic nitrogens is 2. The molecular formula is C13H9N5O2S. The highest BCUT2D eigenvalue weighted by Gasteiger charge is 2.09. The molecule has 0 atom stereocenters. The van der Waals surface area contributed by atoms with Crippen molar-refractivity contribution in [2.24, 2.45) is 0 Å². The van der Waals surface area contributed by atoms with E-state index in [1.807, 2.05) is 12.1 Å². The van der Waals surface area contributed by atoms with Crippen LogP contribution in [0.4, 0.5) is 10.5 Å². The van der Waals surface area contributed by atoms with E-state index in [9.17, 15) is 4.79 Å². The molecule has 2 amide bonds. The molecule has 3 aromatic rings. The van der Waals surface area contributed by atoms with Crippen LogP contribution < -0.4 is 10.6 Å². The summed E-state index contributed by atoms with van der Waals surface area (Å²) in [5.41, 5.74) is 1.99. The molecule has 0 aliphatic heterocycles. The Morgan fingerprint density at radius 2 is 2.24 bits per heavy atom. The SMILES string of the molecule is N#Cc1ccc(CNC(=O)Nc2cccc3nsnc23)o1. The Bertz CT molecular complexity index is 832. The van der Waals surface area contributed by atoms with Gasteiger partial charge in [-0.2, -0.15) is 14.0 Å². The Labute approximate surface area is 123 Å². The molecule has 21 heavy (non-hydrogen) atoms. The molecule has 0 radical (unpaired) electrons. The third-order valence-corrected chi connectivity index (χ3v) is 3.27. The lowest BCUT2D eigenvalue weighted by Gasteiger charge is -2.06. The van der Waals surface area contributed by atoms with Crippen molar-refractivity contribution in [3.05, 3.63) is 41.9 Å². The van der Waals surface area contributed by atoms with Gasteiger partial charge in [0.1, 0.15) is 22.9 Å². The van der Waals surface area contributed by atoms with Gasteiger partial charge in [-0.25, -0.2) is 4.79 Å². The van der Waals surface area contributed by atoms with Gasteiger partial charge in [0.2, 0.25) is 5.76 Å². The molecule has 0 aliphatic rings. The van der Waals surface area contributed by atoms with E-state index in [0.29, 0.717) is 17.0 Å². The smallest absolute Gasteiger partial charge is 0.319 e. The molecule has 0 saturated heterocycles. The predicted octanol–water partition coefficient (Wildman–Crippen LogP) is 2.48. The van der Waals surface area contributed by atoms with Crippen molar-refractivity contribution in [3.63, 3.8) is 0 Å². The standard InChI is InChI=1S/C13H9N5O2S/c14-6-8-4-5-9(20-8)7-15-13(19)16-10-2-1-3-11-12(10)18-21-17-11/h1-5H,7H2,(H2,15,16,19). The minimum atomic E-state index is -0.384. The second kappa shape index (κ2) is 5.60. The quantitative estimate of drug-likeness (QED) is 0.773. The predicted molar refractivity (Wildman–Crippen MR) is 76.7 cm³/mol. The fraction of sp³-hybridized carbons (Fsp3) is 0.0769. The zero-order valence-corrected chi connectivity index (χ0v) is 11.5. The summed E-state index contributed by atoms with van der Waals surface area (Å²) >= 11 is 1.09. The van der Waals surface area contributed by atoms with E-state index in [2.05, 4.69) is 19.4 Å². The lowest BCUT2D eigenvalue weighted by atomic mass is 10.2. The van der Waals surface area contributed by atoms with Crippen molar-refractivity contribution in [2.75, 3.05) is 5.32 Å². The first-order valence-electron chi connectivity index (χ1n) is 6.01. The number of nitriles is 1. The summed E-state index contributed by atoms with van der Waals surface area (Å²) in [7, 11) is 0. The molecule has 2 N–H and O–H groups in total. The fourth-order valence-corrected chi connectivity index (χ4v) is 2.32. The number of nitrogens with zero attached hydrogens (tertiary/aromatic N) is 3. The Morgan fingerprint density at radius 1 is 1.33 bits per heavy atom. The average Bonchev–Trinajstić information content (AvgIpc) is 3.14. The molecule has 1 aromatic carbocycles. The van der Waals surface area contributed by atoms with Gasteiger partial charge < -0.3 is 15.1 Å². The number of nitrogens with one attached hydrogen (secondary N) is 2. The Balaban J connectivity index is 1.64. The van der Waals surface area contributed by atoms with E-state index < -0.39 is 0 Å². The number of hydrogen-bond donors (Lipinski definition) is 2. The third-order valence-electron chi connectivity index (χ3n) is 2.73. The number of anilines is 1. The van der Waals surface area contributed by atoms with Gasteiger partial charge >= 0.3 is 6.03 Å². The summed E-state index contributed by atoms with van der Waals surface area (Å²) in [4.78, 5) is 11.9. The van der Waals surface area contributed by atoms with E-state index >= 15 is 0 Å². The molecule has 7 nitrogen and oxygen atoms in total.